The van der Waals surface area contributed by atoms with Crippen molar-refractivity contribution in [3.05, 3.63) is 51.9 Å². The van der Waals surface area contributed by atoms with Gasteiger partial charge in [-0.3, -0.25) is 0 Å². The van der Waals surface area contributed by atoms with Crippen molar-refractivity contribution >= 4 is 21.6 Å². The van der Waals surface area contributed by atoms with Crippen molar-refractivity contribution in [3.63, 3.8) is 0 Å². The van der Waals surface area contributed by atoms with E-state index in [1.807, 2.05) is 6.07 Å². The summed E-state index contributed by atoms with van der Waals surface area (Å²) in [6, 6.07) is 4.04. The van der Waals surface area contributed by atoms with Gasteiger partial charge in [0.1, 0.15) is 17.4 Å². The summed E-state index contributed by atoms with van der Waals surface area (Å²) in [7, 11) is 0. The molecule has 0 amide bonds. The normalized spacial score (nSPS) is 18.2. The van der Waals surface area contributed by atoms with E-state index in [1.165, 1.54) is 6.07 Å². The second kappa shape index (κ2) is 4.96. The Morgan fingerprint density at radius 3 is 2.95 bits per heavy atom. The smallest absolute Gasteiger partial charge is 0.150 e. The minimum Gasteiger partial charge on any atom is -0.469 e. The number of halogens is 3. The van der Waals surface area contributed by atoms with Gasteiger partial charge in [-0.25, -0.2) is 8.78 Å². The molecule has 1 aliphatic carbocycles. The maximum absolute atomic E-state index is 13.8. The summed E-state index contributed by atoms with van der Waals surface area (Å²) >= 11 is 3.19. The topological polar surface area (TPSA) is 25.2 Å². The number of hydrogen-bond acceptors (Lipinski definition) is 2. The van der Waals surface area contributed by atoms with E-state index in [1.54, 1.807) is 6.26 Å². The fourth-order valence-corrected chi connectivity index (χ4v) is 3.01. The van der Waals surface area contributed by atoms with Crippen molar-refractivity contribution in [1.29, 1.82) is 0 Å². The molecule has 2 nitrogen and oxygen atoms in total. The van der Waals surface area contributed by atoms with E-state index in [-0.39, 0.29) is 6.04 Å². The van der Waals surface area contributed by atoms with Gasteiger partial charge in [0.05, 0.1) is 18.0 Å². The van der Waals surface area contributed by atoms with Crippen LogP contribution in [0.5, 0.6) is 0 Å². The highest BCUT2D eigenvalue weighted by Crippen LogP contribution is 2.36. The van der Waals surface area contributed by atoms with Crippen LogP contribution in [-0.2, 0) is 6.42 Å². The standard InChI is InChI=1S/C14H12BrF2NO/c15-10-6-8(16)7-11(17)14(10)18-12-2-1-3-13-9(12)4-5-19-13/h4-7,12,18H,1-3H2. The van der Waals surface area contributed by atoms with Gasteiger partial charge in [0, 0.05) is 22.5 Å². The third-order valence-corrected chi connectivity index (χ3v) is 4.00. The van der Waals surface area contributed by atoms with Gasteiger partial charge in [0.25, 0.3) is 0 Å². The molecule has 0 radical (unpaired) electrons. The van der Waals surface area contributed by atoms with Gasteiger partial charge < -0.3 is 9.73 Å². The van der Waals surface area contributed by atoms with Crippen LogP contribution in [-0.4, -0.2) is 0 Å². The van der Waals surface area contributed by atoms with Gasteiger partial charge in [-0.15, -0.1) is 0 Å². The SMILES string of the molecule is Fc1cc(F)c(NC2CCCc3occc32)c(Br)c1. The molecule has 1 aromatic carbocycles. The van der Waals surface area contributed by atoms with E-state index in [4.69, 9.17) is 4.42 Å². The Morgan fingerprint density at radius 2 is 2.16 bits per heavy atom. The Kier molecular flexibility index (Phi) is 3.31. The summed E-state index contributed by atoms with van der Waals surface area (Å²) < 4.78 is 32.7. The van der Waals surface area contributed by atoms with Crippen LogP contribution in [0.1, 0.15) is 30.2 Å². The highest BCUT2D eigenvalue weighted by Gasteiger charge is 2.24. The molecule has 19 heavy (non-hydrogen) atoms. The van der Waals surface area contributed by atoms with Crippen LogP contribution in [0.25, 0.3) is 0 Å². The molecule has 0 bridgehead atoms. The van der Waals surface area contributed by atoms with Crippen molar-refractivity contribution < 1.29 is 13.2 Å². The number of benzene rings is 1. The Morgan fingerprint density at radius 1 is 1.32 bits per heavy atom. The van der Waals surface area contributed by atoms with Gasteiger partial charge in [-0.05, 0) is 40.9 Å². The maximum Gasteiger partial charge on any atom is 0.150 e. The van der Waals surface area contributed by atoms with Gasteiger partial charge >= 0.3 is 0 Å². The van der Waals surface area contributed by atoms with Gasteiger partial charge in [-0.1, -0.05) is 0 Å². The molecule has 0 spiro atoms. The summed E-state index contributed by atoms with van der Waals surface area (Å²) in [5, 5.41) is 3.14. The summed E-state index contributed by atoms with van der Waals surface area (Å²) in [5.41, 5.74) is 1.35. The Labute approximate surface area is 117 Å². The molecule has 1 aromatic heterocycles. The first-order chi connectivity index (χ1) is 9.15. The highest BCUT2D eigenvalue weighted by molar-refractivity contribution is 9.10. The molecular formula is C14H12BrF2NO. The molecule has 1 atom stereocenters. The number of furan rings is 1. The van der Waals surface area contributed by atoms with Crippen LogP contribution in [0.4, 0.5) is 14.5 Å². The fourth-order valence-electron chi connectivity index (χ4n) is 2.49. The summed E-state index contributed by atoms with van der Waals surface area (Å²) in [6.45, 7) is 0. The molecule has 2 aromatic rings. The Balaban J connectivity index is 1.92. The number of nitrogens with one attached hydrogen (secondary N) is 1. The first-order valence-corrected chi connectivity index (χ1v) is 6.92. The summed E-state index contributed by atoms with van der Waals surface area (Å²) in [4.78, 5) is 0. The molecule has 100 valence electrons. The summed E-state index contributed by atoms with van der Waals surface area (Å²) in [5.74, 6) is -0.243. The molecule has 0 saturated heterocycles. The lowest BCUT2D eigenvalue weighted by Gasteiger charge is -2.24. The zero-order valence-corrected chi connectivity index (χ0v) is 11.6. The fraction of sp³-hybridized carbons (Fsp3) is 0.286. The number of hydrogen-bond donors (Lipinski definition) is 1. The molecule has 1 N–H and O–H groups in total. The van der Waals surface area contributed by atoms with Crippen LogP contribution < -0.4 is 5.32 Å². The Hall–Kier alpha value is -1.36. The van der Waals surface area contributed by atoms with Crippen LogP contribution >= 0.6 is 15.9 Å². The van der Waals surface area contributed by atoms with Crippen LogP contribution in [0.2, 0.25) is 0 Å². The molecule has 0 aliphatic heterocycles. The quantitative estimate of drug-likeness (QED) is 0.856. The Bertz CT molecular complexity index is 588. The average Bonchev–Trinajstić information content (AvgIpc) is 2.82. The maximum atomic E-state index is 13.8. The predicted molar refractivity (Wildman–Crippen MR) is 72.1 cm³/mol. The van der Waals surface area contributed by atoms with Crippen LogP contribution in [0.3, 0.4) is 0 Å². The number of fused-ring (bicyclic) bond motifs is 1. The second-order valence-electron chi connectivity index (χ2n) is 4.63. The lowest BCUT2D eigenvalue weighted by molar-refractivity contribution is 0.460. The lowest BCUT2D eigenvalue weighted by atomic mass is 9.93. The lowest BCUT2D eigenvalue weighted by Crippen LogP contribution is -2.17. The molecular weight excluding hydrogens is 316 g/mol. The van der Waals surface area contributed by atoms with Crippen LogP contribution in [0.15, 0.2) is 33.4 Å². The third kappa shape index (κ3) is 2.39. The van der Waals surface area contributed by atoms with E-state index in [0.29, 0.717) is 10.2 Å². The number of aryl methyl sites for hydroxylation is 1. The largest absolute Gasteiger partial charge is 0.469 e. The first kappa shape index (κ1) is 12.7. The molecule has 0 saturated carbocycles. The highest BCUT2D eigenvalue weighted by atomic mass is 79.9. The average molecular weight is 328 g/mol. The van der Waals surface area contributed by atoms with Crippen molar-refractivity contribution in [1.82, 2.24) is 0 Å². The monoisotopic (exact) mass is 327 g/mol. The van der Waals surface area contributed by atoms with Crippen LogP contribution in [0, 0.1) is 11.6 Å². The van der Waals surface area contributed by atoms with Crippen molar-refractivity contribution in [2.75, 3.05) is 5.32 Å². The number of rotatable bonds is 2. The molecule has 1 aliphatic rings. The second-order valence-corrected chi connectivity index (χ2v) is 5.49. The van der Waals surface area contributed by atoms with E-state index >= 15 is 0 Å². The van der Waals surface area contributed by atoms with E-state index in [0.717, 1.165) is 36.7 Å². The van der Waals surface area contributed by atoms with Crippen molar-refractivity contribution in [3.8, 4) is 0 Å². The predicted octanol–water partition coefficient (Wildman–Crippen LogP) is 4.81. The zero-order chi connectivity index (χ0) is 13.4. The van der Waals surface area contributed by atoms with E-state index in [2.05, 4.69) is 21.2 Å². The summed E-state index contributed by atoms with van der Waals surface area (Å²) in [6.07, 6.45) is 4.45. The van der Waals surface area contributed by atoms with Gasteiger partial charge in [0.2, 0.25) is 0 Å². The minimum absolute atomic E-state index is 0.00115. The third-order valence-electron chi connectivity index (χ3n) is 3.38. The molecule has 3 rings (SSSR count). The van der Waals surface area contributed by atoms with Gasteiger partial charge in [0.15, 0.2) is 0 Å². The zero-order valence-electron chi connectivity index (χ0n) is 10.1. The molecule has 1 unspecified atom stereocenters. The van der Waals surface area contributed by atoms with E-state index < -0.39 is 11.6 Å². The van der Waals surface area contributed by atoms with E-state index in [9.17, 15) is 8.78 Å². The minimum atomic E-state index is -0.595. The molecule has 0 fully saturated rings. The number of anilines is 1. The van der Waals surface area contributed by atoms with Crippen molar-refractivity contribution in [2.45, 2.75) is 25.3 Å². The van der Waals surface area contributed by atoms with Crippen molar-refractivity contribution in [2.24, 2.45) is 0 Å². The van der Waals surface area contributed by atoms with Gasteiger partial charge in [-0.2, -0.15) is 0 Å². The first-order valence-electron chi connectivity index (χ1n) is 6.12. The molecule has 5 heteroatoms. The molecule has 1 heterocycles.